The van der Waals surface area contributed by atoms with Crippen LogP contribution in [0.2, 0.25) is 5.02 Å². The minimum absolute atomic E-state index is 0.124. The number of hydrogen-bond acceptors (Lipinski definition) is 6. The Morgan fingerprint density at radius 1 is 1.19 bits per heavy atom. The molecule has 1 saturated heterocycles. The van der Waals surface area contributed by atoms with Crippen LogP contribution in [0, 0.1) is 24.1 Å². The lowest BCUT2D eigenvalue weighted by Gasteiger charge is -2.37. The van der Waals surface area contributed by atoms with Gasteiger partial charge in [0.05, 0.1) is 28.0 Å². The topological polar surface area (TPSA) is 98.1 Å². The van der Waals surface area contributed by atoms with Crippen LogP contribution in [0.1, 0.15) is 31.9 Å². The molecule has 8 nitrogen and oxygen atoms in total. The molecule has 5 rings (SSSR count). The van der Waals surface area contributed by atoms with Gasteiger partial charge >= 0.3 is 6.09 Å². The molecule has 37 heavy (non-hydrogen) atoms. The van der Waals surface area contributed by atoms with Gasteiger partial charge in [-0.05, 0) is 39.3 Å². The van der Waals surface area contributed by atoms with Gasteiger partial charge in [-0.1, -0.05) is 23.7 Å². The number of aryl methyl sites for hydroxylation is 1. The molecular formula is C27H26ClFN6O2. The van der Waals surface area contributed by atoms with Gasteiger partial charge in [0.2, 0.25) is 0 Å². The van der Waals surface area contributed by atoms with E-state index in [1.807, 2.05) is 44.7 Å². The molecule has 0 saturated carbocycles. The van der Waals surface area contributed by atoms with Gasteiger partial charge in [-0.15, -0.1) is 0 Å². The first-order valence-electron chi connectivity index (χ1n) is 12.0. The van der Waals surface area contributed by atoms with Crippen LogP contribution < -0.4 is 4.90 Å². The molecule has 0 unspecified atom stereocenters. The zero-order valence-corrected chi connectivity index (χ0v) is 21.8. The zero-order valence-electron chi connectivity index (χ0n) is 21.0. The monoisotopic (exact) mass is 520 g/mol. The lowest BCUT2D eigenvalue weighted by molar-refractivity contribution is 0.0240. The number of nitrogens with one attached hydrogen (secondary N) is 1. The SMILES string of the molecule is Cc1ccc2cn[nH]c2c1-c1c(Cl)cc2c(N3CCN(C(=O)OC(C)(C)C)CC3)c(C#N)cnc2c1F. The Hall–Kier alpha value is -3.90. The molecular weight excluding hydrogens is 495 g/mol. The number of hydrogen-bond donors (Lipinski definition) is 1. The summed E-state index contributed by atoms with van der Waals surface area (Å²) >= 11 is 6.74. The molecule has 1 aliphatic rings. The Kier molecular flexibility index (Phi) is 6.16. The number of fused-ring (bicyclic) bond motifs is 2. The standard InChI is InChI=1S/C27H26ClFN6O2/c1-15-5-6-16-14-32-33-23(16)20(15)21-19(28)11-18-24(22(21)29)31-13-17(12-30)25(18)34-7-9-35(10-8-34)26(36)37-27(2,3)4/h5-6,11,13-14H,7-10H2,1-4H3,(H,32,33). The summed E-state index contributed by atoms with van der Waals surface area (Å²) in [4.78, 5) is 20.4. The van der Waals surface area contributed by atoms with E-state index in [1.165, 1.54) is 6.20 Å². The van der Waals surface area contributed by atoms with E-state index in [-0.39, 0.29) is 22.2 Å². The van der Waals surface area contributed by atoms with Crippen molar-refractivity contribution in [3.8, 4) is 17.2 Å². The van der Waals surface area contributed by atoms with Gasteiger partial charge < -0.3 is 14.5 Å². The molecule has 3 heterocycles. The van der Waals surface area contributed by atoms with Crippen LogP contribution in [0.25, 0.3) is 32.9 Å². The van der Waals surface area contributed by atoms with E-state index in [4.69, 9.17) is 16.3 Å². The first kappa shape index (κ1) is 24.8. The molecule has 10 heteroatoms. The van der Waals surface area contributed by atoms with Crippen LogP contribution in [0.5, 0.6) is 0 Å². The fourth-order valence-corrected chi connectivity index (χ4v) is 5.07. The van der Waals surface area contributed by atoms with E-state index >= 15 is 4.39 Å². The molecule has 1 fully saturated rings. The molecule has 1 amide bonds. The Morgan fingerprint density at radius 3 is 2.59 bits per heavy atom. The highest BCUT2D eigenvalue weighted by Crippen LogP contribution is 2.42. The van der Waals surface area contributed by atoms with Crippen LogP contribution >= 0.6 is 11.6 Å². The number of H-pyrrole nitrogens is 1. The quantitative estimate of drug-likeness (QED) is 0.358. The summed E-state index contributed by atoms with van der Waals surface area (Å²) in [6, 6.07) is 7.66. The van der Waals surface area contributed by atoms with Crippen LogP contribution in [-0.4, -0.2) is 58.0 Å². The second-order valence-electron chi connectivity index (χ2n) is 10.1. The van der Waals surface area contributed by atoms with Crippen molar-refractivity contribution in [1.82, 2.24) is 20.1 Å². The second kappa shape index (κ2) is 9.20. The van der Waals surface area contributed by atoms with Crippen LogP contribution in [0.4, 0.5) is 14.9 Å². The van der Waals surface area contributed by atoms with Crippen molar-refractivity contribution in [3.63, 3.8) is 0 Å². The smallest absolute Gasteiger partial charge is 0.410 e. The van der Waals surface area contributed by atoms with E-state index < -0.39 is 11.4 Å². The van der Waals surface area contributed by atoms with E-state index in [0.717, 1.165) is 10.9 Å². The van der Waals surface area contributed by atoms with Gasteiger partial charge in [0, 0.05) is 54.3 Å². The molecule has 0 aliphatic carbocycles. The predicted octanol–water partition coefficient (Wildman–Crippen LogP) is 5.81. The number of amides is 1. The maximum absolute atomic E-state index is 16.2. The molecule has 1 aliphatic heterocycles. The van der Waals surface area contributed by atoms with Crippen molar-refractivity contribution in [3.05, 3.63) is 52.6 Å². The number of pyridine rings is 1. The summed E-state index contributed by atoms with van der Waals surface area (Å²) in [6.45, 7) is 9.05. The number of piperazine rings is 1. The highest BCUT2D eigenvalue weighted by molar-refractivity contribution is 6.35. The van der Waals surface area contributed by atoms with E-state index in [0.29, 0.717) is 53.9 Å². The third-order valence-electron chi connectivity index (χ3n) is 6.47. The Morgan fingerprint density at radius 2 is 1.92 bits per heavy atom. The number of nitrogens with zero attached hydrogens (tertiary/aromatic N) is 5. The van der Waals surface area contributed by atoms with Gasteiger partial charge in [-0.25, -0.2) is 9.18 Å². The molecule has 4 aromatic rings. The zero-order chi connectivity index (χ0) is 26.5. The van der Waals surface area contributed by atoms with Crippen molar-refractivity contribution in [2.24, 2.45) is 0 Å². The van der Waals surface area contributed by atoms with Gasteiger partial charge in [-0.2, -0.15) is 10.4 Å². The van der Waals surface area contributed by atoms with Crippen molar-refractivity contribution in [2.45, 2.75) is 33.3 Å². The average Bonchev–Trinajstić information content (AvgIpc) is 3.32. The maximum Gasteiger partial charge on any atom is 0.410 e. The summed E-state index contributed by atoms with van der Waals surface area (Å²) in [5, 5.41) is 18.4. The first-order chi connectivity index (χ1) is 17.6. The van der Waals surface area contributed by atoms with Gasteiger partial charge in [0.1, 0.15) is 17.2 Å². The van der Waals surface area contributed by atoms with Crippen molar-refractivity contribution >= 4 is 45.2 Å². The van der Waals surface area contributed by atoms with E-state index in [2.05, 4.69) is 21.3 Å². The second-order valence-corrected chi connectivity index (χ2v) is 10.5. The highest BCUT2D eigenvalue weighted by Gasteiger charge is 2.29. The van der Waals surface area contributed by atoms with Crippen LogP contribution in [0.15, 0.2) is 30.6 Å². The van der Waals surface area contributed by atoms with Crippen molar-refractivity contribution in [2.75, 3.05) is 31.1 Å². The summed E-state index contributed by atoms with van der Waals surface area (Å²) in [7, 11) is 0. The van der Waals surface area contributed by atoms with Gasteiger partial charge in [0.25, 0.3) is 0 Å². The first-order valence-corrected chi connectivity index (χ1v) is 12.3. The summed E-state index contributed by atoms with van der Waals surface area (Å²) < 4.78 is 21.7. The lowest BCUT2D eigenvalue weighted by Crippen LogP contribution is -2.50. The third kappa shape index (κ3) is 4.42. The Labute approximate surface area is 218 Å². The van der Waals surface area contributed by atoms with Gasteiger partial charge in [-0.3, -0.25) is 10.1 Å². The third-order valence-corrected chi connectivity index (χ3v) is 6.77. The Bertz CT molecular complexity index is 1580. The molecule has 2 aromatic carbocycles. The molecule has 0 radical (unpaired) electrons. The van der Waals surface area contributed by atoms with Gasteiger partial charge in [0.15, 0.2) is 5.82 Å². The molecule has 1 N–H and O–H groups in total. The normalized spacial score (nSPS) is 14.3. The minimum atomic E-state index is -0.589. The van der Waals surface area contributed by atoms with Crippen molar-refractivity contribution < 1.29 is 13.9 Å². The molecule has 190 valence electrons. The summed E-state index contributed by atoms with van der Waals surface area (Å²) in [5.74, 6) is -0.564. The number of anilines is 1. The van der Waals surface area contributed by atoms with Crippen LogP contribution in [0.3, 0.4) is 0 Å². The summed E-state index contributed by atoms with van der Waals surface area (Å²) in [6.07, 6.45) is 2.69. The highest BCUT2D eigenvalue weighted by atomic mass is 35.5. The molecule has 2 aromatic heterocycles. The number of carbonyl (C=O) groups is 1. The predicted molar refractivity (Wildman–Crippen MR) is 141 cm³/mol. The number of halogens is 2. The average molecular weight is 521 g/mol. The molecule has 0 bridgehead atoms. The number of aromatic nitrogens is 3. The lowest BCUT2D eigenvalue weighted by atomic mass is 9.95. The minimum Gasteiger partial charge on any atom is -0.444 e. The number of rotatable bonds is 2. The molecule has 0 spiro atoms. The van der Waals surface area contributed by atoms with E-state index in [9.17, 15) is 10.1 Å². The Balaban J connectivity index is 1.58. The number of nitriles is 1. The number of ether oxygens (including phenoxy) is 1. The fourth-order valence-electron chi connectivity index (χ4n) is 4.78. The van der Waals surface area contributed by atoms with Crippen LogP contribution in [-0.2, 0) is 4.74 Å². The molecule has 0 atom stereocenters. The van der Waals surface area contributed by atoms with E-state index in [1.54, 1.807) is 17.2 Å². The number of aromatic amines is 1. The number of benzene rings is 2. The largest absolute Gasteiger partial charge is 0.444 e. The van der Waals surface area contributed by atoms with Crippen molar-refractivity contribution in [1.29, 1.82) is 5.26 Å². The number of carbonyl (C=O) groups excluding carboxylic acids is 1. The maximum atomic E-state index is 16.2. The fraction of sp³-hybridized carbons (Fsp3) is 0.333. The summed E-state index contributed by atoms with van der Waals surface area (Å²) in [5.41, 5.74) is 2.79.